The summed E-state index contributed by atoms with van der Waals surface area (Å²) in [5, 5.41) is 0.981. The van der Waals surface area contributed by atoms with Crippen LogP contribution >= 0.6 is 15.9 Å². The monoisotopic (exact) mass is 250 g/mol. The van der Waals surface area contributed by atoms with E-state index in [-0.39, 0.29) is 12.2 Å². The summed E-state index contributed by atoms with van der Waals surface area (Å²) in [6.45, 7) is 1.81. The van der Waals surface area contributed by atoms with Gasteiger partial charge in [-0.2, -0.15) is 0 Å². The van der Waals surface area contributed by atoms with Crippen LogP contribution in [0.4, 0.5) is 0 Å². The van der Waals surface area contributed by atoms with Gasteiger partial charge in [0.15, 0.2) is 0 Å². The first kappa shape index (κ1) is 12.6. The van der Waals surface area contributed by atoms with Gasteiger partial charge in [-0.3, -0.25) is 9.59 Å². The van der Waals surface area contributed by atoms with Crippen LogP contribution in [-0.4, -0.2) is 23.7 Å². The second-order valence-corrected chi connectivity index (χ2v) is 3.64. The molecule has 4 heteroatoms. The Morgan fingerprint density at radius 1 is 1.23 bits per heavy atom. The molecule has 0 aromatic rings. The van der Waals surface area contributed by atoms with E-state index < -0.39 is 5.97 Å². The Kier molecular flexibility index (Phi) is 7.99. The Labute approximate surface area is 87.0 Å². The molecule has 0 spiro atoms. The molecule has 13 heavy (non-hydrogen) atoms. The molecule has 0 radical (unpaired) electrons. The van der Waals surface area contributed by atoms with Crippen LogP contribution in [0.15, 0.2) is 0 Å². The summed E-state index contributed by atoms with van der Waals surface area (Å²) in [5.74, 6) is -0.559. The van der Waals surface area contributed by atoms with E-state index in [9.17, 15) is 9.59 Å². The standard InChI is InChI=1S/C9H15BrO3/c1-8(11)7-9(12)13-6-4-2-3-5-10/h2-7H2,1H3. The van der Waals surface area contributed by atoms with E-state index in [4.69, 9.17) is 4.74 Å². The lowest BCUT2D eigenvalue weighted by molar-refractivity contribution is -0.145. The second kappa shape index (κ2) is 8.23. The van der Waals surface area contributed by atoms with Gasteiger partial charge in [0.2, 0.25) is 0 Å². The lowest BCUT2D eigenvalue weighted by Crippen LogP contribution is -2.09. The average molecular weight is 251 g/mol. The van der Waals surface area contributed by atoms with Crippen molar-refractivity contribution in [1.82, 2.24) is 0 Å². The second-order valence-electron chi connectivity index (χ2n) is 2.85. The van der Waals surface area contributed by atoms with E-state index in [1.54, 1.807) is 0 Å². The largest absolute Gasteiger partial charge is 0.465 e. The van der Waals surface area contributed by atoms with Gasteiger partial charge in [0.05, 0.1) is 6.61 Å². The molecule has 0 saturated heterocycles. The molecule has 0 N–H and O–H groups in total. The summed E-state index contributed by atoms with van der Waals surface area (Å²) in [6.07, 6.45) is 2.90. The van der Waals surface area contributed by atoms with Crippen LogP contribution in [0, 0.1) is 0 Å². The highest BCUT2D eigenvalue weighted by atomic mass is 79.9. The number of carbonyl (C=O) groups excluding carboxylic acids is 2. The van der Waals surface area contributed by atoms with E-state index in [2.05, 4.69) is 15.9 Å². The third-order valence-electron chi connectivity index (χ3n) is 1.43. The molecular weight excluding hydrogens is 236 g/mol. The Bertz CT molecular complexity index is 168. The summed E-state index contributed by atoms with van der Waals surface area (Å²) in [5.41, 5.74) is 0. The van der Waals surface area contributed by atoms with Crippen molar-refractivity contribution in [3.63, 3.8) is 0 Å². The fourth-order valence-electron chi connectivity index (χ4n) is 0.814. The van der Waals surface area contributed by atoms with Crippen LogP contribution in [0.25, 0.3) is 0 Å². The molecule has 0 saturated carbocycles. The van der Waals surface area contributed by atoms with Gasteiger partial charge in [-0.1, -0.05) is 15.9 Å². The molecule has 0 heterocycles. The van der Waals surface area contributed by atoms with Crippen LogP contribution < -0.4 is 0 Å². The lowest BCUT2D eigenvalue weighted by atomic mass is 10.3. The highest BCUT2D eigenvalue weighted by Gasteiger charge is 2.05. The molecule has 0 aromatic heterocycles. The number of esters is 1. The maximum absolute atomic E-state index is 10.8. The normalized spacial score (nSPS) is 9.69. The topological polar surface area (TPSA) is 43.4 Å². The van der Waals surface area contributed by atoms with Crippen molar-refractivity contribution >= 4 is 27.7 Å². The van der Waals surface area contributed by atoms with Crippen LogP contribution in [0.5, 0.6) is 0 Å². The number of ketones is 1. The van der Waals surface area contributed by atoms with Crippen molar-refractivity contribution in [3.8, 4) is 0 Å². The minimum absolute atomic E-state index is 0.0988. The molecule has 0 aliphatic heterocycles. The fraction of sp³-hybridized carbons (Fsp3) is 0.778. The van der Waals surface area contributed by atoms with Gasteiger partial charge in [-0.15, -0.1) is 0 Å². The van der Waals surface area contributed by atoms with Crippen molar-refractivity contribution in [2.75, 3.05) is 11.9 Å². The average Bonchev–Trinajstić information content (AvgIpc) is 2.02. The number of hydrogen-bond acceptors (Lipinski definition) is 3. The zero-order valence-corrected chi connectivity index (χ0v) is 9.43. The molecule has 76 valence electrons. The molecule has 0 aliphatic rings. The summed E-state index contributed by atoms with van der Waals surface area (Å²) in [7, 11) is 0. The van der Waals surface area contributed by atoms with Crippen LogP contribution in [0.1, 0.15) is 32.6 Å². The number of ether oxygens (including phenoxy) is 1. The van der Waals surface area contributed by atoms with Gasteiger partial charge in [-0.05, 0) is 26.2 Å². The van der Waals surface area contributed by atoms with Crippen molar-refractivity contribution < 1.29 is 14.3 Å². The Hall–Kier alpha value is -0.380. The minimum atomic E-state index is -0.411. The maximum atomic E-state index is 10.8. The Morgan fingerprint density at radius 2 is 1.92 bits per heavy atom. The zero-order chi connectivity index (χ0) is 10.1. The van der Waals surface area contributed by atoms with Gasteiger partial charge in [0.25, 0.3) is 0 Å². The maximum Gasteiger partial charge on any atom is 0.313 e. The van der Waals surface area contributed by atoms with Crippen LogP contribution in [0.3, 0.4) is 0 Å². The first-order valence-corrected chi connectivity index (χ1v) is 5.50. The summed E-state index contributed by atoms with van der Waals surface area (Å²) in [6, 6.07) is 0. The van der Waals surface area contributed by atoms with Crippen molar-refractivity contribution in [1.29, 1.82) is 0 Å². The Balaban J connectivity index is 3.22. The lowest BCUT2D eigenvalue weighted by Gasteiger charge is -2.02. The number of halogens is 1. The van der Waals surface area contributed by atoms with Crippen molar-refractivity contribution in [2.24, 2.45) is 0 Å². The molecule has 0 bridgehead atoms. The summed E-state index contributed by atoms with van der Waals surface area (Å²) >= 11 is 3.31. The number of unbranched alkanes of at least 4 members (excludes halogenated alkanes) is 2. The van der Waals surface area contributed by atoms with Crippen LogP contribution in [0.2, 0.25) is 0 Å². The van der Waals surface area contributed by atoms with E-state index in [1.165, 1.54) is 6.92 Å². The van der Waals surface area contributed by atoms with Gasteiger partial charge in [-0.25, -0.2) is 0 Å². The highest BCUT2D eigenvalue weighted by Crippen LogP contribution is 1.99. The molecular formula is C9H15BrO3. The minimum Gasteiger partial charge on any atom is -0.465 e. The zero-order valence-electron chi connectivity index (χ0n) is 7.85. The van der Waals surface area contributed by atoms with Crippen molar-refractivity contribution in [3.05, 3.63) is 0 Å². The SMILES string of the molecule is CC(=O)CC(=O)OCCCCCBr. The quantitative estimate of drug-likeness (QED) is 0.301. The first-order chi connectivity index (χ1) is 6.16. The third-order valence-corrected chi connectivity index (χ3v) is 2.00. The molecule has 0 aliphatic carbocycles. The molecule has 0 aromatic carbocycles. The number of alkyl halides is 1. The Morgan fingerprint density at radius 3 is 2.46 bits per heavy atom. The van der Waals surface area contributed by atoms with E-state index >= 15 is 0 Å². The van der Waals surface area contributed by atoms with E-state index in [1.807, 2.05) is 0 Å². The highest BCUT2D eigenvalue weighted by molar-refractivity contribution is 9.09. The smallest absolute Gasteiger partial charge is 0.313 e. The van der Waals surface area contributed by atoms with Gasteiger partial charge >= 0.3 is 5.97 Å². The molecule has 0 unspecified atom stereocenters. The van der Waals surface area contributed by atoms with E-state index in [0.29, 0.717) is 6.61 Å². The fourth-order valence-corrected chi connectivity index (χ4v) is 1.21. The van der Waals surface area contributed by atoms with E-state index in [0.717, 1.165) is 24.6 Å². The van der Waals surface area contributed by atoms with Gasteiger partial charge in [0.1, 0.15) is 12.2 Å². The first-order valence-electron chi connectivity index (χ1n) is 4.38. The predicted molar refractivity (Wildman–Crippen MR) is 53.9 cm³/mol. The molecule has 0 amide bonds. The summed E-state index contributed by atoms with van der Waals surface area (Å²) < 4.78 is 4.82. The molecule has 0 fully saturated rings. The van der Waals surface area contributed by atoms with Crippen molar-refractivity contribution in [2.45, 2.75) is 32.6 Å². The van der Waals surface area contributed by atoms with Gasteiger partial charge < -0.3 is 4.74 Å². The molecule has 0 atom stereocenters. The molecule has 0 rings (SSSR count). The molecule has 3 nitrogen and oxygen atoms in total. The van der Waals surface area contributed by atoms with Crippen LogP contribution in [-0.2, 0) is 14.3 Å². The van der Waals surface area contributed by atoms with Gasteiger partial charge in [0, 0.05) is 5.33 Å². The summed E-state index contributed by atoms with van der Waals surface area (Å²) in [4.78, 5) is 21.3. The number of carbonyl (C=O) groups is 2. The number of rotatable bonds is 7. The third kappa shape index (κ3) is 9.53. The number of hydrogen-bond donors (Lipinski definition) is 0. The predicted octanol–water partition coefficient (Wildman–Crippen LogP) is 2.07. The number of Topliss-reactive ketones (excluding diaryl/α,β-unsaturated/α-hetero) is 1.